The molecule has 1 amide bonds. The van der Waals surface area contributed by atoms with Gasteiger partial charge in [-0.25, -0.2) is 4.39 Å². The first-order chi connectivity index (χ1) is 17.7. The van der Waals surface area contributed by atoms with E-state index >= 15 is 0 Å². The van der Waals surface area contributed by atoms with E-state index in [4.69, 9.17) is 4.74 Å². The molecule has 2 atom stereocenters. The molecule has 1 aliphatic heterocycles. The minimum absolute atomic E-state index is 0.00254. The van der Waals surface area contributed by atoms with Crippen LogP contribution in [0.25, 0.3) is 10.8 Å². The number of hydrogen-bond donors (Lipinski definition) is 2. The van der Waals surface area contributed by atoms with Gasteiger partial charge in [0.15, 0.2) is 6.61 Å². The first-order valence-electron chi connectivity index (χ1n) is 11.7. The van der Waals surface area contributed by atoms with E-state index in [9.17, 15) is 35.1 Å². The van der Waals surface area contributed by atoms with Crippen LogP contribution >= 0.6 is 0 Å². The largest absolute Gasteiger partial charge is 0.483 e. The van der Waals surface area contributed by atoms with E-state index in [-0.39, 0.29) is 40.3 Å². The molecule has 204 valence electrons. The molecule has 0 aliphatic carbocycles. The number of carbonyl (C=O) groups is 1. The maximum Gasteiger partial charge on any atom is 0.294 e. The van der Waals surface area contributed by atoms with Gasteiger partial charge in [-0.2, -0.15) is 16.8 Å². The predicted octanol–water partition coefficient (Wildman–Crippen LogP) is 2.97. The van der Waals surface area contributed by atoms with Gasteiger partial charge in [0.2, 0.25) is 0 Å². The summed E-state index contributed by atoms with van der Waals surface area (Å²) in [6, 6.07) is 11.7. The summed E-state index contributed by atoms with van der Waals surface area (Å²) in [6.07, 6.45) is 0. The number of rotatable bonds is 7. The van der Waals surface area contributed by atoms with Crippen molar-refractivity contribution in [3.05, 3.63) is 66.0 Å². The minimum Gasteiger partial charge on any atom is -0.483 e. The van der Waals surface area contributed by atoms with E-state index in [1.165, 1.54) is 18.2 Å². The molecule has 1 saturated heterocycles. The topological polar surface area (TPSA) is 142 Å². The molecule has 13 heteroatoms. The van der Waals surface area contributed by atoms with Gasteiger partial charge in [-0.1, -0.05) is 12.1 Å². The Labute approximate surface area is 220 Å². The van der Waals surface area contributed by atoms with Crippen LogP contribution in [0.3, 0.4) is 0 Å². The summed E-state index contributed by atoms with van der Waals surface area (Å²) < 4.78 is 84.4. The molecule has 4 rings (SSSR count). The summed E-state index contributed by atoms with van der Waals surface area (Å²) in [5, 5.41) is 0.345. The fraction of sp³-hybridized carbons (Fsp3) is 0.320. The lowest BCUT2D eigenvalue weighted by molar-refractivity contribution is -0.139. The smallest absolute Gasteiger partial charge is 0.294 e. The first-order valence-corrected chi connectivity index (χ1v) is 14.5. The Bertz CT molecular complexity index is 1570. The maximum atomic E-state index is 13.2. The fourth-order valence-corrected chi connectivity index (χ4v) is 5.58. The maximum absolute atomic E-state index is 13.2. The molecular weight excluding hydrogens is 539 g/mol. The predicted molar refractivity (Wildman–Crippen MR) is 137 cm³/mol. The normalized spacial score (nSPS) is 19.0. The fourth-order valence-electron chi connectivity index (χ4n) is 4.53. The quantitative estimate of drug-likeness (QED) is 0.413. The molecule has 0 radical (unpaired) electrons. The lowest BCUT2D eigenvalue weighted by Gasteiger charge is -2.44. The third-order valence-corrected chi connectivity index (χ3v) is 8.22. The highest BCUT2D eigenvalue weighted by molar-refractivity contribution is 7.86. The number of piperazine rings is 1. The number of nitrogens with zero attached hydrogens (tertiary/aromatic N) is 2. The molecule has 10 nitrogen and oxygen atoms in total. The zero-order valence-electron chi connectivity index (χ0n) is 20.6. The van der Waals surface area contributed by atoms with Crippen molar-refractivity contribution in [1.82, 2.24) is 9.80 Å². The van der Waals surface area contributed by atoms with Crippen molar-refractivity contribution in [1.29, 1.82) is 0 Å². The van der Waals surface area contributed by atoms with Crippen molar-refractivity contribution in [2.75, 3.05) is 19.7 Å². The molecule has 0 saturated carbocycles. The second-order valence-electron chi connectivity index (χ2n) is 9.34. The molecule has 0 aromatic heterocycles. The average molecular weight is 567 g/mol. The van der Waals surface area contributed by atoms with E-state index in [0.29, 0.717) is 19.6 Å². The van der Waals surface area contributed by atoms with Gasteiger partial charge in [0.05, 0.1) is 9.79 Å². The van der Waals surface area contributed by atoms with Gasteiger partial charge >= 0.3 is 0 Å². The van der Waals surface area contributed by atoms with Gasteiger partial charge in [-0.3, -0.25) is 18.8 Å². The Balaban J connectivity index is 1.51. The van der Waals surface area contributed by atoms with Crippen LogP contribution in [0, 0.1) is 5.82 Å². The van der Waals surface area contributed by atoms with Crippen LogP contribution in [0.2, 0.25) is 0 Å². The van der Waals surface area contributed by atoms with Crippen LogP contribution in [-0.4, -0.2) is 73.4 Å². The van der Waals surface area contributed by atoms with Crippen molar-refractivity contribution in [2.24, 2.45) is 0 Å². The molecule has 38 heavy (non-hydrogen) atoms. The van der Waals surface area contributed by atoms with Crippen LogP contribution in [0.5, 0.6) is 5.75 Å². The van der Waals surface area contributed by atoms with Crippen LogP contribution in [0.4, 0.5) is 4.39 Å². The number of ether oxygens (including phenoxy) is 1. The number of fused-ring (bicyclic) bond motifs is 1. The molecule has 1 fully saturated rings. The number of halogens is 1. The number of benzene rings is 3. The number of carbonyl (C=O) groups excluding carboxylic acids is 1. The Morgan fingerprint density at radius 3 is 2.18 bits per heavy atom. The SMILES string of the molecule is C[C@@H]1CN(Cc2ccc(F)cc2)[C@@H](C)CN1C(=O)COc1cc(S(=O)(=O)O)cc2cc(S(=O)(=O)O)ccc12. The third kappa shape index (κ3) is 6.30. The molecule has 0 bridgehead atoms. The van der Waals surface area contributed by atoms with Crippen molar-refractivity contribution in [2.45, 2.75) is 42.3 Å². The standard InChI is InChI=1S/C25H27FN2O8S2/c1-16-13-28(17(2)12-27(16)14-18-3-5-20(26)6-4-18)25(29)15-36-24-11-22(38(33,34)35)10-19-9-21(37(30,31)32)7-8-23(19)24/h3-11,16-17H,12-15H2,1-2H3,(H,30,31,32)(H,33,34,35)/t16-,17+/m0/s1. The molecule has 3 aromatic carbocycles. The third-order valence-electron chi connectivity index (χ3n) is 6.54. The Hall–Kier alpha value is -3.10. The summed E-state index contributed by atoms with van der Waals surface area (Å²) >= 11 is 0. The minimum atomic E-state index is -4.69. The van der Waals surface area contributed by atoms with Crippen molar-refractivity contribution >= 4 is 36.9 Å². The highest BCUT2D eigenvalue weighted by atomic mass is 32.2. The molecule has 1 aliphatic rings. The van der Waals surface area contributed by atoms with E-state index in [2.05, 4.69) is 4.90 Å². The number of hydrogen-bond acceptors (Lipinski definition) is 7. The summed E-state index contributed by atoms with van der Waals surface area (Å²) in [4.78, 5) is 15.9. The Morgan fingerprint density at radius 1 is 0.921 bits per heavy atom. The Kier molecular flexibility index (Phi) is 7.77. The first kappa shape index (κ1) is 27.9. The molecule has 3 aromatic rings. The summed E-state index contributed by atoms with van der Waals surface area (Å²) in [7, 11) is -9.26. The van der Waals surface area contributed by atoms with Gasteiger partial charge in [-0.15, -0.1) is 0 Å². The Morgan fingerprint density at radius 2 is 1.55 bits per heavy atom. The van der Waals surface area contributed by atoms with Crippen LogP contribution in [0.1, 0.15) is 19.4 Å². The van der Waals surface area contributed by atoms with Gasteiger partial charge in [0, 0.05) is 43.2 Å². The zero-order chi connectivity index (χ0) is 27.8. The van der Waals surface area contributed by atoms with Crippen LogP contribution < -0.4 is 4.74 Å². The molecule has 2 N–H and O–H groups in total. The molecule has 0 spiro atoms. The zero-order valence-corrected chi connectivity index (χ0v) is 22.2. The monoisotopic (exact) mass is 566 g/mol. The second kappa shape index (κ2) is 10.6. The average Bonchev–Trinajstić information content (AvgIpc) is 2.84. The summed E-state index contributed by atoms with van der Waals surface area (Å²) in [5.41, 5.74) is 0.955. The van der Waals surface area contributed by atoms with Crippen molar-refractivity contribution in [3.8, 4) is 5.75 Å². The molecule has 0 unspecified atom stereocenters. The van der Waals surface area contributed by atoms with E-state index in [1.54, 1.807) is 17.0 Å². The lowest BCUT2D eigenvalue weighted by atomic mass is 10.1. The van der Waals surface area contributed by atoms with Crippen molar-refractivity contribution in [3.63, 3.8) is 0 Å². The molecular formula is C25H27FN2O8S2. The second-order valence-corrected chi connectivity index (χ2v) is 12.2. The number of amides is 1. The van der Waals surface area contributed by atoms with Gasteiger partial charge in [0.25, 0.3) is 26.1 Å². The van der Waals surface area contributed by atoms with E-state index in [0.717, 1.165) is 29.8 Å². The van der Waals surface area contributed by atoms with Gasteiger partial charge in [-0.05, 0) is 61.2 Å². The van der Waals surface area contributed by atoms with Gasteiger partial charge in [0.1, 0.15) is 11.6 Å². The summed E-state index contributed by atoms with van der Waals surface area (Å²) in [5.74, 6) is -0.703. The van der Waals surface area contributed by atoms with Crippen molar-refractivity contribution < 1.29 is 39.9 Å². The highest BCUT2D eigenvalue weighted by Gasteiger charge is 2.32. The van der Waals surface area contributed by atoms with Crippen LogP contribution in [-0.2, 0) is 31.6 Å². The highest BCUT2D eigenvalue weighted by Crippen LogP contribution is 2.32. The van der Waals surface area contributed by atoms with Gasteiger partial charge < -0.3 is 9.64 Å². The van der Waals surface area contributed by atoms with E-state index < -0.39 is 36.6 Å². The summed E-state index contributed by atoms with van der Waals surface area (Å²) in [6.45, 7) is 5.03. The van der Waals surface area contributed by atoms with E-state index in [1.807, 2.05) is 13.8 Å². The lowest BCUT2D eigenvalue weighted by Crippen LogP contribution is -2.58. The molecule has 1 heterocycles. The van der Waals surface area contributed by atoms with Crippen LogP contribution in [0.15, 0.2) is 64.4 Å².